The Labute approximate surface area is 206 Å². The van der Waals surface area contributed by atoms with Gasteiger partial charge < -0.3 is 14.8 Å². The van der Waals surface area contributed by atoms with Gasteiger partial charge >= 0.3 is 0 Å². The molecule has 0 radical (unpaired) electrons. The number of aryl methyl sites for hydroxylation is 1. The molecule has 36 heavy (non-hydrogen) atoms. The van der Waals surface area contributed by atoms with Crippen LogP contribution in [0, 0.1) is 11.2 Å². The lowest BCUT2D eigenvalue weighted by Crippen LogP contribution is -2.50. The zero-order valence-electron chi connectivity index (χ0n) is 20.5. The van der Waals surface area contributed by atoms with Gasteiger partial charge in [-0.3, -0.25) is 9.36 Å². The topological polar surface area (TPSA) is 78.3 Å². The molecule has 1 aromatic carbocycles. The van der Waals surface area contributed by atoms with Crippen molar-refractivity contribution in [3.05, 3.63) is 63.5 Å². The van der Waals surface area contributed by atoms with E-state index < -0.39 is 29.4 Å². The van der Waals surface area contributed by atoms with E-state index in [1.54, 1.807) is 27.1 Å². The van der Waals surface area contributed by atoms with Crippen molar-refractivity contribution in [3.63, 3.8) is 0 Å². The fraction of sp³-hybridized carbons (Fsp3) is 0.500. The molecule has 1 aliphatic carbocycles. The zero-order valence-corrected chi connectivity index (χ0v) is 20.5. The Kier molecular flexibility index (Phi) is 6.28. The summed E-state index contributed by atoms with van der Waals surface area (Å²) < 4.78 is 54.2. The van der Waals surface area contributed by atoms with Crippen LogP contribution < -0.4 is 10.9 Å². The molecule has 192 valence electrons. The van der Waals surface area contributed by atoms with E-state index in [2.05, 4.69) is 15.3 Å². The average Bonchev–Trinajstić information content (AvgIpc) is 2.85. The molecule has 0 bridgehead atoms. The van der Waals surface area contributed by atoms with Gasteiger partial charge in [-0.25, -0.2) is 23.1 Å². The van der Waals surface area contributed by atoms with Gasteiger partial charge in [0.1, 0.15) is 23.6 Å². The third kappa shape index (κ3) is 3.96. The first kappa shape index (κ1) is 24.7. The fourth-order valence-electron chi connectivity index (χ4n) is 5.51. The minimum atomic E-state index is -2.92. The number of alkyl halides is 2. The number of fused-ring (bicyclic) bond motifs is 1. The maximum Gasteiger partial charge on any atom is 0.266 e. The fourth-order valence-corrected chi connectivity index (χ4v) is 5.51. The molecule has 0 unspecified atom stereocenters. The van der Waals surface area contributed by atoms with E-state index in [1.807, 2.05) is 0 Å². The Hall–Kier alpha value is -2.98. The molecular formula is C26H29F3N4O3. The Morgan fingerprint density at radius 1 is 1.14 bits per heavy atom. The number of anilines is 1. The molecule has 3 aromatic rings. The van der Waals surface area contributed by atoms with Gasteiger partial charge in [0.15, 0.2) is 0 Å². The molecule has 7 nitrogen and oxygen atoms in total. The van der Waals surface area contributed by atoms with Gasteiger partial charge in [0.05, 0.1) is 41.4 Å². The number of nitrogens with zero attached hydrogens (tertiary/aromatic N) is 3. The van der Waals surface area contributed by atoms with Crippen molar-refractivity contribution >= 4 is 16.9 Å². The third-order valence-corrected chi connectivity index (χ3v) is 7.93. The molecule has 1 aliphatic heterocycles. The van der Waals surface area contributed by atoms with Gasteiger partial charge in [-0.05, 0) is 38.7 Å². The van der Waals surface area contributed by atoms with Gasteiger partial charge in [0, 0.05) is 25.1 Å². The van der Waals surface area contributed by atoms with Gasteiger partial charge in [0.25, 0.3) is 12.0 Å². The summed E-state index contributed by atoms with van der Waals surface area (Å²) >= 11 is 0. The van der Waals surface area contributed by atoms with E-state index in [4.69, 9.17) is 9.47 Å². The lowest BCUT2D eigenvalue weighted by atomic mass is 9.66. The van der Waals surface area contributed by atoms with Crippen LogP contribution in [0.3, 0.4) is 0 Å². The molecule has 10 heteroatoms. The number of nitrogens with one attached hydrogen (secondary N) is 1. The largest absolute Gasteiger partial charge is 0.380 e. The van der Waals surface area contributed by atoms with Gasteiger partial charge in [0.2, 0.25) is 0 Å². The number of benzene rings is 1. The molecule has 3 heterocycles. The van der Waals surface area contributed by atoms with Crippen molar-refractivity contribution in [1.82, 2.24) is 14.5 Å². The minimum absolute atomic E-state index is 0.0956. The SMILES string of the molecule is COC1(c2cc3c(N[C@H](C)c4cccc(C(F)F)c4F)ncnc3n(C)c2=O)CCC2(CC1)COC2. The van der Waals surface area contributed by atoms with Gasteiger partial charge in [-0.15, -0.1) is 0 Å². The van der Waals surface area contributed by atoms with E-state index >= 15 is 0 Å². The van der Waals surface area contributed by atoms with Crippen molar-refractivity contribution in [3.8, 4) is 0 Å². The predicted octanol–water partition coefficient (Wildman–Crippen LogP) is 5.01. The van der Waals surface area contributed by atoms with Crippen LogP contribution in [0.25, 0.3) is 11.0 Å². The van der Waals surface area contributed by atoms with Crippen LogP contribution in [0.2, 0.25) is 0 Å². The van der Waals surface area contributed by atoms with Crippen LogP contribution in [-0.4, -0.2) is 34.9 Å². The first-order chi connectivity index (χ1) is 17.2. The van der Waals surface area contributed by atoms with E-state index in [1.165, 1.54) is 23.0 Å². The second-order valence-electron chi connectivity index (χ2n) is 9.99. The summed E-state index contributed by atoms with van der Waals surface area (Å²) in [6.07, 6.45) is 1.57. The quantitative estimate of drug-likeness (QED) is 0.511. The van der Waals surface area contributed by atoms with Gasteiger partial charge in [-0.1, -0.05) is 18.2 Å². The Morgan fingerprint density at radius 2 is 1.83 bits per heavy atom. The van der Waals surface area contributed by atoms with Crippen molar-refractivity contribution < 1.29 is 22.6 Å². The predicted molar refractivity (Wildman–Crippen MR) is 129 cm³/mol. The molecule has 5 rings (SSSR count). The minimum Gasteiger partial charge on any atom is -0.380 e. The second-order valence-corrected chi connectivity index (χ2v) is 9.99. The number of halogens is 3. The molecule has 1 saturated heterocycles. The molecule has 1 N–H and O–H groups in total. The number of aromatic nitrogens is 3. The molecule has 2 fully saturated rings. The van der Waals surface area contributed by atoms with Crippen molar-refractivity contribution in [2.45, 2.75) is 50.7 Å². The van der Waals surface area contributed by atoms with Crippen molar-refractivity contribution in [2.24, 2.45) is 12.5 Å². The number of methoxy groups -OCH3 is 1. The zero-order chi connectivity index (χ0) is 25.7. The van der Waals surface area contributed by atoms with Crippen LogP contribution in [-0.2, 0) is 22.1 Å². The highest BCUT2D eigenvalue weighted by Gasteiger charge is 2.49. The van der Waals surface area contributed by atoms with E-state index in [0.29, 0.717) is 35.3 Å². The highest BCUT2D eigenvalue weighted by Crippen LogP contribution is 2.50. The summed E-state index contributed by atoms with van der Waals surface area (Å²) in [6.45, 7) is 3.15. The maximum atomic E-state index is 14.8. The van der Waals surface area contributed by atoms with Crippen LogP contribution in [0.1, 0.15) is 61.8 Å². The van der Waals surface area contributed by atoms with Gasteiger partial charge in [-0.2, -0.15) is 0 Å². The van der Waals surface area contributed by atoms with Crippen LogP contribution in [0.5, 0.6) is 0 Å². The number of ether oxygens (including phenoxy) is 2. The van der Waals surface area contributed by atoms with E-state index in [0.717, 1.165) is 32.1 Å². The highest BCUT2D eigenvalue weighted by molar-refractivity contribution is 5.87. The standard InChI is InChI=1S/C26H29F3N4O3/c1-15(16-5-4-6-17(20(16)27)21(28)29)32-22-18-11-19(24(34)33(2)23(18)31-14-30-22)26(35-3)9-7-25(8-10-26)12-36-13-25/h4-6,11,14-15,21H,7-10,12-13H2,1-3H3,(H,30,31,32)/t15-/m1/s1. The molecule has 1 spiro atoms. The first-order valence-electron chi connectivity index (χ1n) is 12.0. The van der Waals surface area contributed by atoms with Crippen LogP contribution in [0.15, 0.2) is 35.4 Å². The summed E-state index contributed by atoms with van der Waals surface area (Å²) in [5.74, 6) is -0.578. The lowest BCUT2D eigenvalue weighted by molar-refractivity contribution is -0.168. The highest BCUT2D eigenvalue weighted by atomic mass is 19.3. The number of pyridine rings is 1. The van der Waals surface area contributed by atoms with Crippen molar-refractivity contribution in [1.29, 1.82) is 0 Å². The van der Waals surface area contributed by atoms with Crippen molar-refractivity contribution in [2.75, 3.05) is 25.6 Å². The monoisotopic (exact) mass is 502 g/mol. The normalized spacial score (nSPS) is 19.4. The summed E-state index contributed by atoms with van der Waals surface area (Å²) in [5.41, 5.74) is -0.399. The molecule has 1 atom stereocenters. The Morgan fingerprint density at radius 3 is 2.44 bits per heavy atom. The van der Waals surface area contributed by atoms with E-state index in [-0.39, 0.29) is 16.5 Å². The molecular weight excluding hydrogens is 473 g/mol. The van der Waals surface area contributed by atoms with Crippen LogP contribution in [0.4, 0.5) is 19.0 Å². The summed E-state index contributed by atoms with van der Waals surface area (Å²) in [5, 5.41) is 3.70. The maximum absolute atomic E-state index is 14.8. The third-order valence-electron chi connectivity index (χ3n) is 7.93. The average molecular weight is 503 g/mol. The summed E-state index contributed by atoms with van der Waals surface area (Å²) in [4.78, 5) is 22.1. The lowest BCUT2D eigenvalue weighted by Gasteiger charge is -2.50. The van der Waals surface area contributed by atoms with E-state index in [9.17, 15) is 18.0 Å². The number of hydrogen-bond acceptors (Lipinski definition) is 6. The summed E-state index contributed by atoms with van der Waals surface area (Å²) in [6, 6.07) is 5.03. The Balaban J connectivity index is 1.55. The smallest absolute Gasteiger partial charge is 0.266 e. The molecule has 0 amide bonds. The second kappa shape index (κ2) is 9.15. The van der Waals surface area contributed by atoms with Crippen LogP contribution >= 0.6 is 0 Å². The Bertz CT molecular complexity index is 1350. The molecule has 2 aliphatic rings. The molecule has 1 saturated carbocycles. The molecule has 2 aromatic heterocycles. The summed E-state index contributed by atoms with van der Waals surface area (Å²) in [7, 11) is 3.27. The number of rotatable bonds is 6. The first-order valence-corrected chi connectivity index (χ1v) is 12.0. The number of hydrogen-bond donors (Lipinski definition) is 1.